The normalized spacial score (nSPS) is 13.4. The number of aliphatic hydroxyl groups excluding tert-OH is 1. The minimum absolute atomic E-state index is 0.0479. The summed E-state index contributed by atoms with van der Waals surface area (Å²) in [6.45, 7) is 2.11. The summed E-state index contributed by atoms with van der Waals surface area (Å²) in [6.07, 6.45) is 2.64. The predicted molar refractivity (Wildman–Crippen MR) is 91.9 cm³/mol. The highest BCUT2D eigenvalue weighted by Gasteiger charge is 2.20. The second kappa shape index (κ2) is 7.35. The van der Waals surface area contributed by atoms with Gasteiger partial charge >= 0.3 is 0 Å². The van der Waals surface area contributed by atoms with Crippen LogP contribution in [-0.4, -0.2) is 49.0 Å². The molecule has 0 bridgehead atoms. The van der Waals surface area contributed by atoms with Crippen molar-refractivity contribution < 1.29 is 14.6 Å². The van der Waals surface area contributed by atoms with Crippen LogP contribution in [0.15, 0.2) is 24.4 Å². The number of ether oxygens (including phenoxy) is 2. The summed E-state index contributed by atoms with van der Waals surface area (Å²) in [4.78, 5) is 10.9. The first-order chi connectivity index (χ1) is 11.7. The maximum atomic E-state index is 8.90. The molecule has 1 aliphatic heterocycles. The van der Waals surface area contributed by atoms with Gasteiger partial charge in [0.05, 0.1) is 20.8 Å². The first-order valence-corrected chi connectivity index (χ1v) is 7.91. The molecule has 1 aromatic carbocycles. The van der Waals surface area contributed by atoms with Crippen LogP contribution in [-0.2, 0) is 13.0 Å². The number of methoxy groups -OCH3 is 2. The Bertz CT molecular complexity index is 708. The molecule has 2 N–H and O–H groups in total. The lowest BCUT2D eigenvalue weighted by Gasteiger charge is -2.30. The van der Waals surface area contributed by atoms with Crippen molar-refractivity contribution in [3.05, 3.63) is 35.5 Å². The van der Waals surface area contributed by atoms with E-state index in [4.69, 9.17) is 14.6 Å². The smallest absolute Gasteiger partial charge is 0.224 e. The van der Waals surface area contributed by atoms with Gasteiger partial charge in [-0.25, -0.2) is 4.98 Å². The number of hydrogen-bond donors (Lipinski definition) is 2. The molecule has 0 unspecified atom stereocenters. The predicted octanol–water partition coefficient (Wildman–Crippen LogP) is 1.46. The number of benzene rings is 1. The summed E-state index contributed by atoms with van der Waals surface area (Å²) < 4.78 is 10.8. The van der Waals surface area contributed by atoms with Gasteiger partial charge in [-0.15, -0.1) is 0 Å². The van der Waals surface area contributed by atoms with Crippen molar-refractivity contribution in [3.8, 4) is 11.5 Å². The zero-order valence-corrected chi connectivity index (χ0v) is 14.0. The van der Waals surface area contributed by atoms with Crippen molar-refractivity contribution in [3.63, 3.8) is 0 Å². The fraction of sp³-hybridized carbons (Fsp3) is 0.412. The second-order valence-corrected chi connectivity index (χ2v) is 5.54. The molecule has 0 atom stereocenters. The standard InChI is InChI=1S/C17H22N4O3/c1-23-14-9-12-4-7-21(11-13(12)10-15(14)24-2)16-3-5-18-17(20-16)19-6-8-22/h3,5,9-10,22H,4,6-8,11H2,1-2H3,(H,18,19,20). The highest BCUT2D eigenvalue weighted by Crippen LogP contribution is 2.34. The fourth-order valence-corrected chi connectivity index (χ4v) is 2.86. The Morgan fingerprint density at radius 3 is 2.67 bits per heavy atom. The number of anilines is 2. The third-order valence-electron chi connectivity index (χ3n) is 4.08. The Kier molecular flexibility index (Phi) is 5.00. The molecule has 24 heavy (non-hydrogen) atoms. The molecule has 7 nitrogen and oxygen atoms in total. The third kappa shape index (κ3) is 3.35. The number of rotatable bonds is 6. The minimum Gasteiger partial charge on any atom is -0.493 e. The summed E-state index contributed by atoms with van der Waals surface area (Å²) >= 11 is 0. The molecular weight excluding hydrogens is 308 g/mol. The molecule has 0 aliphatic carbocycles. The molecule has 0 saturated heterocycles. The van der Waals surface area contributed by atoms with Gasteiger partial charge < -0.3 is 24.8 Å². The second-order valence-electron chi connectivity index (χ2n) is 5.54. The van der Waals surface area contributed by atoms with E-state index in [1.807, 2.05) is 12.1 Å². The van der Waals surface area contributed by atoms with E-state index in [0.717, 1.165) is 36.8 Å². The number of fused-ring (bicyclic) bond motifs is 1. The molecule has 3 rings (SSSR count). The van der Waals surface area contributed by atoms with Gasteiger partial charge in [0.15, 0.2) is 11.5 Å². The largest absolute Gasteiger partial charge is 0.493 e. The molecule has 128 valence electrons. The molecule has 1 aliphatic rings. The molecule has 0 radical (unpaired) electrons. The average molecular weight is 330 g/mol. The van der Waals surface area contributed by atoms with Gasteiger partial charge in [-0.3, -0.25) is 0 Å². The Hall–Kier alpha value is -2.54. The van der Waals surface area contributed by atoms with Gasteiger partial charge in [0, 0.05) is 25.8 Å². The lowest BCUT2D eigenvalue weighted by molar-refractivity contribution is 0.311. The number of nitrogens with zero attached hydrogens (tertiary/aromatic N) is 3. The van der Waals surface area contributed by atoms with E-state index in [1.54, 1.807) is 20.4 Å². The number of aromatic nitrogens is 2. The first kappa shape index (κ1) is 16.3. The van der Waals surface area contributed by atoms with Crippen LogP contribution in [0.3, 0.4) is 0 Å². The molecule has 0 saturated carbocycles. The Morgan fingerprint density at radius 2 is 1.96 bits per heavy atom. The average Bonchev–Trinajstić information content (AvgIpc) is 2.64. The van der Waals surface area contributed by atoms with Crippen LogP contribution in [0.4, 0.5) is 11.8 Å². The summed E-state index contributed by atoms with van der Waals surface area (Å²) in [7, 11) is 3.30. The van der Waals surface area contributed by atoms with Crippen LogP contribution in [0.2, 0.25) is 0 Å². The Labute approximate surface area is 141 Å². The van der Waals surface area contributed by atoms with E-state index >= 15 is 0 Å². The van der Waals surface area contributed by atoms with Gasteiger partial charge in [-0.05, 0) is 35.7 Å². The van der Waals surface area contributed by atoms with E-state index in [-0.39, 0.29) is 6.61 Å². The maximum Gasteiger partial charge on any atom is 0.224 e. The zero-order valence-electron chi connectivity index (χ0n) is 14.0. The highest BCUT2D eigenvalue weighted by atomic mass is 16.5. The van der Waals surface area contributed by atoms with Crippen molar-refractivity contribution in [2.75, 3.05) is 44.1 Å². The Balaban J connectivity index is 1.82. The van der Waals surface area contributed by atoms with E-state index < -0.39 is 0 Å². The lowest BCUT2D eigenvalue weighted by atomic mass is 9.99. The molecule has 1 aromatic heterocycles. The van der Waals surface area contributed by atoms with Gasteiger partial charge in [-0.1, -0.05) is 0 Å². The molecular formula is C17H22N4O3. The van der Waals surface area contributed by atoms with Crippen LogP contribution < -0.4 is 19.7 Å². The van der Waals surface area contributed by atoms with E-state index in [1.165, 1.54) is 11.1 Å². The zero-order chi connectivity index (χ0) is 16.9. The first-order valence-electron chi connectivity index (χ1n) is 7.91. The van der Waals surface area contributed by atoms with Gasteiger partial charge in [0.2, 0.25) is 5.95 Å². The summed E-state index contributed by atoms with van der Waals surface area (Å²) in [5.74, 6) is 2.90. The van der Waals surface area contributed by atoms with Crippen molar-refractivity contribution >= 4 is 11.8 Å². The van der Waals surface area contributed by atoms with Crippen molar-refractivity contribution in [1.82, 2.24) is 9.97 Å². The monoisotopic (exact) mass is 330 g/mol. The van der Waals surface area contributed by atoms with E-state index in [2.05, 4.69) is 26.3 Å². The Morgan fingerprint density at radius 1 is 1.21 bits per heavy atom. The molecule has 2 heterocycles. The summed E-state index contributed by atoms with van der Waals surface area (Å²) in [6, 6.07) is 5.99. The molecule has 0 spiro atoms. The van der Waals surface area contributed by atoms with Gasteiger partial charge in [0.25, 0.3) is 0 Å². The van der Waals surface area contributed by atoms with Crippen molar-refractivity contribution in [1.29, 1.82) is 0 Å². The molecule has 2 aromatic rings. The number of nitrogens with one attached hydrogen (secondary N) is 1. The van der Waals surface area contributed by atoms with Crippen LogP contribution in [0.5, 0.6) is 11.5 Å². The maximum absolute atomic E-state index is 8.90. The van der Waals surface area contributed by atoms with Crippen molar-refractivity contribution in [2.45, 2.75) is 13.0 Å². The highest BCUT2D eigenvalue weighted by molar-refractivity contribution is 5.52. The SMILES string of the molecule is COc1cc2c(cc1OC)CN(c1ccnc(NCCO)n1)CC2. The summed E-state index contributed by atoms with van der Waals surface area (Å²) in [5.41, 5.74) is 2.49. The third-order valence-corrected chi connectivity index (χ3v) is 4.08. The van der Waals surface area contributed by atoms with E-state index in [0.29, 0.717) is 12.5 Å². The topological polar surface area (TPSA) is 79.7 Å². The number of aliphatic hydroxyl groups is 1. The fourth-order valence-electron chi connectivity index (χ4n) is 2.86. The minimum atomic E-state index is 0.0479. The van der Waals surface area contributed by atoms with Crippen LogP contribution in [0.25, 0.3) is 0 Å². The van der Waals surface area contributed by atoms with E-state index in [9.17, 15) is 0 Å². The van der Waals surface area contributed by atoms with Crippen molar-refractivity contribution in [2.24, 2.45) is 0 Å². The van der Waals surface area contributed by atoms with Crippen LogP contribution >= 0.6 is 0 Å². The number of hydrogen-bond acceptors (Lipinski definition) is 7. The van der Waals surface area contributed by atoms with Crippen LogP contribution in [0, 0.1) is 0 Å². The molecule has 0 fully saturated rings. The molecule has 7 heteroatoms. The lowest BCUT2D eigenvalue weighted by Crippen LogP contribution is -2.31. The van der Waals surface area contributed by atoms with Gasteiger partial charge in [-0.2, -0.15) is 4.98 Å². The summed E-state index contributed by atoms with van der Waals surface area (Å²) in [5, 5.41) is 11.9. The van der Waals surface area contributed by atoms with Gasteiger partial charge in [0.1, 0.15) is 5.82 Å². The quantitative estimate of drug-likeness (QED) is 0.830. The molecule has 0 amide bonds. The van der Waals surface area contributed by atoms with Crippen LogP contribution in [0.1, 0.15) is 11.1 Å².